The first kappa shape index (κ1) is 19.1. The van der Waals surface area contributed by atoms with Crippen LogP contribution in [0.3, 0.4) is 0 Å². The van der Waals surface area contributed by atoms with Gasteiger partial charge in [-0.15, -0.1) is 22.7 Å². The molecule has 2 aromatic heterocycles. The first-order valence-corrected chi connectivity index (χ1v) is 9.72. The van der Waals surface area contributed by atoms with Crippen molar-refractivity contribution in [2.75, 3.05) is 5.32 Å². The highest BCUT2D eigenvalue weighted by atomic mass is 32.1. The number of benzene rings is 1. The Balaban J connectivity index is 1.55. The SMILES string of the molecule is CC(NC(=O)Cc1csc(NC(=O)c2cccs2)n1)c1ccc(F)c(F)c1. The molecule has 0 aliphatic carbocycles. The lowest BCUT2D eigenvalue weighted by Crippen LogP contribution is -2.28. The minimum atomic E-state index is -0.959. The molecule has 0 aliphatic rings. The van der Waals surface area contributed by atoms with Crippen LogP contribution >= 0.6 is 22.7 Å². The van der Waals surface area contributed by atoms with Crippen LogP contribution in [-0.2, 0) is 11.2 Å². The van der Waals surface area contributed by atoms with Gasteiger partial charge >= 0.3 is 0 Å². The molecule has 3 aromatic rings. The van der Waals surface area contributed by atoms with Crippen LogP contribution in [0, 0.1) is 11.6 Å². The third-order valence-corrected chi connectivity index (χ3v) is 5.36. The summed E-state index contributed by atoms with van der Waals surface area (Å²) in [6, 6.07) is 6.51. The van der Waals surface area contributed by atoms with Gasteiger partial charge in [0.15, 0.2) is 16.8 Å². The molecule has 0 bridgehead atoms. The molecule has 140 valence electrons. The Kier molecular flexibility index (Phi) is 5.92. The number of carbonyl (C=O) groups excluding carboxylic acids is 2. The van der Waals surface area contributed by atoms with E-state index in [9.17, 15) is 18.4 Å². The van der Waals surface area contributed by atoms with Gasteiger partial charge in [-0.05, 0) is 36.1 Å². The summed E-state index contributed by atoms with van der Waals surface area (Å²) in [6.45, 7) is 1.68. The smallest absolute Gasteiger partial charge is 0.267 e. The van der Waals surface area contributed by atoms with Crippen LogP contribution in [0.15, 0.2) is 41.1 Å². The third-order valence-electron chi connectivity index (χ3n) is 3.68. The van der Waals surface area contributed by atoms with Gasteiger partial charge in [-0.2, -0.15) is 0 Å². The zero-order chi connectivity index (χ0) is 19.4. The summed E-state index contributed by atoms with van der Waals surface area (Å²) < 4.78 is 26.3. The molecule has 0 radical (unpaired) electrons. The molecule has 1 atom stereocenters. The van der Waals surface area contributed by atoms with Crippen LogP contribution in [0.25, 0.3) is 0 Å². The zero-order valence-electron chi connectivity index (χ0n) is 14.2. The van der Waals surface area contributed by atoms with Crippen molar-refractivity contribution in [1.82, 2.24) is 10.3 Å². The lowest BCUT2D eigenvalue weighted by Gasteiger charge is -2.14. The average Bonchev–Trinajstić information content (AvgIpc) is 3.29. The third kappa shape index (κ3) is 4.95. The highest BCUT2D eigenvalue weighted by molar-refractivity contribution is 7.14. The second-order valence-corrected chi connectivity index (χ2v) is 7.52. The van der Waals surface area contributed by atoms with E-state index < -0.39 is 17.7 Å². The fraction of sp³-hybridized carbons (Fsp3) is 0.167. The van der Waals surface area contributed by atoms with E-state index >= 15 is 0 Å². The second kappa shape index (κ2) is 8.36. The first-order chi connectivity index (χ1) is 12.9. The van der Waals surface area contributed by atoms with Gasteiger partial charge in [0.1, 0.15) is 0 Å². The van der Waals surface area contributed by atoms with Gasteiger partial charge in [0.05, 0.1) is 23.0 Å². The lowest BCUT2D eigenvalue weighted by molar-refractivity contribution is -0.121. The molecule has 27 heavy (non-hydrogen) atoms. The molecule has 2 N–H and O–H groups in total. The summed E-state index contributed by atoms with van der Waals surface area (Å²) in [5.74, 6) is -2.45. The first-order valence-electron chi connectivity index (χ1n) is 7.96. The van der Waals surface area contributed by atoms with Crippen LogP contribution in [0.1, 0.15) is 33.9 Å². The number of anilines is 1. The van der Waals surface area contributed by atoms with Crippen molar-refractivity contribution < 1.29 is 18.4 Å². The number of thiazole rings is 1. The average molecular weight is 407 g/mol. The number of carbonyl (C=O) groups is 2. The Morgan fingerprint density at radius 1 is 1.19 bits per heavy atom. The van der Waals surface area contributed by atoms with E-state index in [2.05, 4.69) is 15.6 Å². The van der Waals surface area contributed by atoms with Crippen molar-refractivity contribution in [2.24, 2.45) is 0 Å². The molecule has 0 saturated carbocycles. The number of hydrogen-bond donors (Lipinski definition) is 2. The highest BCUT2D eigenvalue weighted by Gasteiger charge is 2.15. The van der Waals surface area contributed by atoms with Crippen molar-refractivity contribution in [3.05, 3.63) is 68.9 Å². The Morgan fingerprint density at radius 2 is 2.00 bits per heavy atom. The molecule has 5 nitrogen and oxygen atoms in total. The molecule has 0 saturated heterocycles. The Bertz CT molecular complexity index is 957. The lowest BCUT2D eigenvalue weighted by atomic mass is 10.1. The van der Waals surface area contributed by atoms with E-state index in [0.29, 0.717) is 21.3 Å². The van der Waals surface area contributed by atoms with Crippen molar-refractivity contribution in [3.63, 3.8) is 0 Å². The molecular weight excluding hydrogens is 392 g/mol. The van der Waals surface area contributed by atoms with E-state index in [1.165, 1.54) is 28.7 Å². The van der Waals surface area contributed by atoms with Gasteiger partial charge in [-0.1, -0.05) is 12.1 Å². The van der Waals surface area contributed by atoms with Gasteiger partial charge in [0.25, 0.3) is 5.91 Å². The number of nitrogens with zero attached hydrogens (tertiary/aromatic N) is 1. The van der Waals surface area contributed by atoms with Gasteiger partial charge in [-0.25, -0.2) is 13.8 Å². The minimum absolute atomic E-state index is 0.0133. The summed E-state index contributed by atoms with van der Waals surface area (Å²) in [5.41, 5.74) is 0.973. The van der Waals surface area contributed by atoms with E-state index in [0.717, 1.165) is 12.1 Å². The fourth-order valence-electron chi connectivity index (χ4n) is 2.33. The Labute approximate surface area is 162 Å². The number of aromatic nitrogens is 1. The summed E-state index contributed by atoms with van der Waals surface area (Å²) in [7, 11) is 0. The summed E-state index contributed by atoms with van der Waals surface area (Å²) >= 11 is 2.55. The number of rotatable bonds is 6. The van der Waals surface area contributed by atoms with Crippen molar-refractivity contribution in [3.8, 4) is 0 Å². The van der Waals surface area contributed by atoms with E-state index in [4.69, 9.17) is 0 Å². The predicted molar refractivity (Wildman–Crippen MR) is 101 cm³/mol. The van der Waals surface area contributed by atoms with Crippen LogP contribution in [-0.4, -0.2) is 16.8 Å². The maximum absolute atomic E-state index is 13.3. The molecule has 0 aliphatic heterocycles. The molecule has 3 rings (SSSR count). The topological polar surface area (TPSA) is 71.1 Å². The number of hydrogen-bond acceptors (Lipinski definition) is 5. The summed E-state index contributed by atoms with van der Waals surface area (Å²) in [5, 5.41) is 9.30. The van der Waals surface area contributed by atoms with Gasteiger partial charge in [0, 0.05) is 5.38 Å². The van der Waals surface area contributed by atoms with Crippen LogP contribution in [0.2, 0.25) is 0 Å². The van der Waals surface area contributed by atoms with Crippen LogP contribution in [0.4, 0.5) is 13.9 Å². The maximum Gasteiger partial charge on any atom is 0.267 e. The summed E-state index contributed by atoms with van der Waals surface area (Å²) in [6.07, 6.45) is 0.0133. The fourth-order valence-corrected chi connectivity index (χ4v) is 3.66. The second-order valence-electron chi connectivity index (χ2n) is 5.71. The molecular formula is C18H15F2N3O2S2. The standard InChI is InChI=1S/C18H15F2N3O2S2/c1-10(11-4-5-13(19)14(20)7-11)21-16(24)8-12-9-27-18(22-12)23-17(25)15-3-2-6-26-15/h2-7,9-10H,8H2,1H3,(H,21,24)(H,22,23,25). The Hall–Kier alpha value is -2.65. The predicted octanol–water partition coefficient (Wildman–Crippen LogP) is 4.16. The largest absolute Gasteiger partial charge is 0.349 e. The highest BCUT2D eigenvalue weighted by Crippen LogP contribution is 2.19. The van der Waals surface area contributed by atoms with E-state index in [1.54, 1.807) is 29.8 Å². The van der Waals surface area contributed by atoms with E-state index in [-0.39, 0.29) is 18.2 Å². The van der Waals surface area contributed by atoms with Crippen molar-refractivity contribution in [1.29, 1.82) is 0 Å². The number of amides is 2. The molecule has 1 unspecified atom stereocenters. The van der Waals surface area contributed by atoms with Gasteiger partial charge in [0.2, 0.25) is 5.91 Å². The molecule has 0 fully saturated rings. The van der Waals surface area contributed by atoms with Gasteiger partial charge < -0.3 is 5.32 Å². The molecule has 9 heteroatoms. The molecule has 2 amide bonds. The summed E-state index contributed by atoms with van der Waals surface area (Å²) in [4.78, 5) is 29.0. The quantitative estimate of drug-likeness (QED) is 0.645. The minimum Gasteiger partial charge on any atom is -0.349 e. The van der Waals surface area contributed by atoms with Crippen molar-refractivity contribution in [2.45, 2.75) is 19.4 Å². The maximum atomic E-state index is 13.3. The van der Waals surface area contributed by atoms with Crippen LogP contribution in [0.5, 0.6) is 0 Å². The van der Waals surface area contributed by atoms with Crippen LogP contribution < -0.4 is 10.6 Å². The number of thiophene rings is 1. The van der Waals surface area contributed by atoms with E-state index in [1.807, 2.05) is 0 Å². The Morgan fingerprint density at radius 3 is 2.70 bits per heavy atom. The molecule has 2 heterocycles. The monoisotopic (exact) mass is 407 g/mol. The number of halogens is 2. The zero-order valence-corrected chi connectivity index (χ0v) is 15.8. The normalized spacial score (nSPS) is 11.8. The molecule has 0 spiro atoms. The van der Waals surface area contributed by atoms with Crippen molar-refractivity contribution >= 4 is 39.6 Å². The number of nitrogens with one attached hydrogen (secondary N) is 2. The van der Waals surface area contributed by atoms with Gasteiger partial charge in [-0.3, -0.25) is 14.9 Å². The molecule has 1 aromatic carbocycles.